The highest BCUT2D eigenvalue weighted by Crippen LogP contribution is 2.15. The number of hydrogen-bond acceptors (Lipinski definition) is 2. The van der Waals surface area contributed by atoms with E-state index in [0.29, 0.717) is 6.42 Å². The molecule has 0 saturated carbocycles. The van der Waals surface area contributed by atoms with Crippen LogP contribution in [0.1, 0.15) is 24.0 Å². The van der Waals surface area contributed by atoms with Crippen LogP contribution in [0, 0.1) is 6.92 Å². The summed E-state index contributed by atoms with van der Waals surface area (Å²) < 4.78 is 0. The first-order chi connectivity index (χ1) is 7.66. The molecule has 1 heterocycles. The van der Waals surface area contributed by atoms with Crippen LogP contribution in [0.4, 0.5) is 5.69 Å². The summed E-state index contributed by atoms with van der Waals surface area (Å²) in [7, 11) is 0. The van der Waals surface area contributed by atoms with E-state index in [0.717, 1.165) is 42.7 Å². The first kappa shape index (κ1) is 11.0. The Bertz CT molecular complexity index is 395. The molecule has 1 fully saturated rings. The summed E-state index contributed by atoms with van der Waals surface area (Å²) >= 11 is 0. The van der Waals surface area contributed by atoms with Gasteiger partial charge in [0, 0.05) is 18.8 Å². The van der Waals surface area contributed by atoms with E-state index in [9.17, 15) is 4.79 Å². The third-order valence-corrected chi connectivity index (χ3v) is 3.15. The fourth-order valence-electron chi connectivity index (χ4n) is 2.10. The number of carbonyl (C=O) groups excluding carboxylic acids is 1. The maximum absolute atomic E-state index is 11.9. The van der Waals surface area contributed by atoms with Crippen molar-refractivity contribution < 1.29 is 4.79 Å². The number of benzene rings is 1. The smallest absolute Gasteiger partial charge is 0.226 e. The normalized spacial score (nSPS) is 15.4. The third-order valence-electron chi connectivity index (χ3n) is 3.15. The van der Waals surface area contributed by atoms with Crippen LogP contribution in [0.3, 0.4) is 0 Å². The molecule has 16 heavy (non-hydrogen) atoms. The molecule has 2 N–H and O–H groups in total. The van der Waals surface area contributed by atoms with Gasteiger partial charge in [-0.25, -0.2) is 0 Å². The van der Waals surface area contributed by atoms with E-state index in [-0.39, 0.29) is 5.91 Å². The van der Waals surface area contributed by atoms with Crippen molar-refractivity contribution >= 4 is 11.6 Å². The molecule has 86 valence electrons. The lowest BCUT2D eigenvalue weighted by Gasteiger charge is -2.15. The fourth-order valence-corrected chi connectivity index (χ4v) is 2.10. The van der Waals surface area contributed by atoms with Crippen molar-refractivity contribution in [2.24, 2.45) is 0 Å². The summed E-state index contributed by atoms with van der Waals surface area (Å²) in [5.74, 6) is 0.238. The second kappa shape index (κ2) is 4.56. The minimum Gasteiger partial charge on any atom is -0.399 e. The minimum absolute atomic E-state index is 0.238. The number of hydrogen-bond donors (Lipinski definition) is 1. The number of anilines is 1. The van der Waals surface area contributed by atoms with Crippen molar-refractivity contribution in [1.82, 2.24) is 4.90 Å². The van der Waals surface area contributed by atoms with Crippen LogP contribution in [-0.2, 0) is 11.2 Å². The molecule has 0 unspecified atom stereocenters. The van der Waals surface area contributed by atoms with Crippen molar-refractivity contribution in [3.63, 3.8) is 0 Å². The highest BCUT2D eigenvalue weighted by Gasteiger charge is 2.17. The summed E-state index contributed by atoms with van der Waals surface area (Å²) in [5.41, 5.74) is 8.64. The van der Waals surface area contributed by atoms with E-state index in [4.69, 9.17) is 5.73 Å². The third kappa shape index (κ3) is 2.35. The molecule has 1 aliphatic rings. The molecule has 3 heteroatoms. The number of amides is 1. The topological polar surface area (TPSA) is 46.3 Å². The molecule has 0 aliphatic carbocycles. The van der Waals surface area contributed by atoms with Crippen molar-refractivity contribution in [3.05, 3.63) is 29.3 Å². The number of nitrogens with zero attached hydrogens (tertiary/aromatic N) is 1. The van der Waals surface area contributed by atoms with Gasteiger partial charge in [-0.3, -0.25) is 4.79 Å². The quantitative estimate of drug-likeness (QED) is 0.769. The van der Waals surface area contributed by atoms with E-state index >= 15 is 0 Å². The summed E-state index contributed by atoms with van der Waals surface area (Å²) in [4.78, 5) is 13.9. The number of nitrogen functional groups attached to an aromatic ring is 1. The monoisotopic (exact) mass is 218 g/mol. The predicted octanol–water partition coefficient (Wildman–Crippen LogP) is 1.74. The Morgan fingerprint density at radius 3 is 2.69 bits per heavy atom. The van der Waals surface area contributed by atoms with Crippen LogP contribution in [0.2, 0.25) is 0 Å². The highest BCUT2D eigenvalue weighted by atomic mass is 16.2. The molecule has 0 bridgehead atoms. The van der Waals surface area contributed by atoms with E-state index < -0.39 is 0 Å². The molecule has 0 aromatic heterocycles. The molecule has 1 aromatic rings. The molecule has 0 radical (unpaired) electrons. The van der Waals surface area contributed by atoms with Gasteiger partial charge in [0.05, 0.1) is 6.42 Å². The Morgan fingerprint density at radius 2 is 2.06 bits per heavy atom. The van der Waals surface area contributed by atoms with Gasteiger partial charge in [-0.15, -0.1) is 0 Å². The van der Waals surface area contributed by atoms with Gasteiger partial charge in [-0.1, -0.05) is 12.1 Å². The van der Waals surface area contributed by atoms with Gasteiger partial charge in [0.1, 0.15) is 0 Å². The molecule has 1 amide bonds. The van der Waals surface area contributed by atoms with Crippen LogP contribution < -0.4 is 5.73 Å². The van der Waals surface area contributed by atoms with Crippen molar-refractivity contribution in [2.45, 2.75) is 26.2 Å². The standard InChI is InChI=1S/C13H18N2O/c1-10-8-11(4-5-12(10)14)9-13(16)15-6-2-3-7-15/h4-5,8H,2-3,6-7,9,14H2,1H3. The predicted molar refractivity (Wildman–Crippen MR) is 65.1 cm³/mol. The highest BCUT2D eigenvalue weighted by molar-refractivity contribution is 5.79. The van der Waals surface area contributed by atoms with Gasteiger partial charge in [-0.05, 0) is 37.0 Å². The van der Waals surface area contributed by atoms with Gasteiger partial charge in [-0.2, -0.15) is 0 Å². The Hall–Kier alpha value is -1.51. The number of carbonyl (C=O) groups is 1. The van der Waals surface area contributed by atoms with Crippen LogP contribution in [0.15, 0.2) is 18.2 Å². The van der Waals surface area contributed by atoms with Crippen molar-refractivity contribution in [3.8, 4) is 0 Å². The minimum atomic E-state index is 0.238. The molecular formula is C13H18N2O. The lowest BCUT2D eigenvalue weighted by molar-refractivity contribution is -0.129. The van der Waals surface area contributed by atoms with Crippen molar-refractivity contribution in [1.29, 1.82) is 0 Å². The maximum atomic E-state index is 11.9. The molecular weight excluding hydrogens is 200 g/mol. The summed E-state index contributed by atoms with van der Waals surface area (Å²) in [6.07, 6.45) is 2.79. The summed E-state index contributed by atoms with van der Waals surface area (Å²) in [6, 6.07) is 5.82. The number of rotatable bonds is 2. The molecule has 1 aromatic carbocycles. The Kier molecular flexibility index (Phi) is 3.13. The average molecular weight is 218 g/mol. The van der Waals surface area contributed by atoms with Crippen LogP contribution >= 0.6 is 0 Å². The summed E-state index contributed by atoms with van der Waals surface area (Å²) in [6.45, 7) is 3.82. The molecule has 2 rings (SSSR count). The molecule has 1 aliphatic heterocycles. The lowest BCUT2D eigenvalue weighted by Crippen LogP contribution is -2.29. The lowest BCUT2D eigenvalue weighted by atomic mass is 10.1. The molecule has 3 nitrogen and oxygen atoms in total. The first-order valence-electron chi connectivity index (χ1n) is 5.79. The molecule has 1 saturated heterocycles. The zero-order valence-electron chi connectivity index (χ0n) is 9.70. The van der Waals surface area contributed by atoms with Gasteiger partial charge in [0.15, 0.2) is 0 Å². The van der Waals surface area contributed by atoms with Crippen LogP contribution in [0.25, 0.3) is 0 Å². The zero-order chi connectivity index (χ0) is 11.5. The number of likely N-dealkylation sites (tertiary alicyclic amines) is 1. The zero-order valence-corrected chi connectivity index (χ0v) is 9.70. The van der Waals surface area contributed by atoms with E-state index in [1.54, 1.807) is 0 Å². The van der Waals surface area contributed by atoms with Gasteiger partial charge >= 0.3 is 0 Å². The largest absolute Gasteiger partial charge is 0.399 e. The maximum Gasteiger partial charge on any atom is 0.226 e. The van der Waals surface area contributed by atoms with Crippen LogP contribution in [-0.4, -0.2) is 23.9 Å². The van der Waals surface area contributed by atoms with E-state index in [1.807, 2.05) is 30.0 Å². The van der Waals surface area contributed by atoms with Gasteiger partial charge in [0.25, 0.3) is 0 Å². The number of aryl methyl sites for hydroxylation is 1. The Balaban J connectivity index is 2.02. The summed E-state index contributed by atoms with van der Waals surface area (Å²) in [5, 5.41) is 0. The molecule has 0 atom stereocenters. The number of nitrogens with two attached hydrogens (primary N) is 1. The van der Waals surface area contributed by atoms with Gasteiger partial charge in [0.2, 0.25) is 5.91 Å². The van der Waals surface area contributed by atoms with Gasteiger partial charge < -0.3 is 10.6 Å². The van der Waals surface area contributed by atoms with E-state index in [1.165, 1.54) is 0 Å². The molecule has 0 spiro atoms. The SMILES string of the molecule is Cc1cc(CC(=O)N2CCCC2)ccc1N. The van der Waals surface area contributed by atoms with E-state index in [2.05, 4.69) is 0 Å². The average Bonchev–Trinajstić information content (AvgIpc) is 2.77. The van der Waals surface area contributed by atoms with Crippen molar-refractivity contribution in [2.75, 3.05) is 18.8 Å². The Morgan fingerprint density at radius 1 is 1.38 bits per heavy atom. The fraction of sp³-hybridized carbons (Fsp3) is 0.462. The Labute approximate surface area is 96.2 Å². The first-order valence-corrected chi connectivity index (χ1v) is 5.79. The second-order valence-electron chi connectivity index (χ2n) is 4.46. The second-order valence-corrected chi connectivity index (χ2v) is 4.46. The van der Waals surface area contributed by atoms with Crippen LogP contribution in [0.5, 0.6) is 0 Å².